The zero-order chi connectivity index (χ0) is 63.3. The molecule has 0 aliphatic carbocycles. The molecule has 9 nitrogen and oxygen atoms in total. The first-order valence-electron chi connectivity index (χ1n) is 35.0. The van der Waals surface area contributed by atoms with Gasteiger partial charge in [-0.25, -0.2) is 4.79 Å². The first-order chi connectivity index (χ1) is 42.6. The number of carboxylic acids is 1. The molecule has 1 N–H and O–H groups in total. The lowest BCUT2D eigenvalue weighted by atomic mass is 10.0. The Hall–Kier alpha value is -4.83. The number of hydrogen-bond acceptors (Lipinski definition) is 7. The van der Waals surface area contributed by atoms with Gasteiger partial charge in [-0.15, -0.1) is 0 Å². The van der Waals surface area contributed by atoms with Gasteiger partial charge in [-0.05, 0) is 122 Å². The van der Waals surface area contributed by atoms with Gasteiger partial charge in [0.15, 0.2) is 6.10 Å². The summed E-state index contributed by atoms with van der Waals surface area (Å²) in [5, 5.41) is 9.74. The van der Waals surface area contributed by atoms with Crippen LogP contribution in [0.25, 0.3) is 0 Å². The van der Waals surface area contributed by atoms with Crippen molar-refractivity contribution in [2.75, 3.05) is 47.5 Å². The molecular formula is C78H130NO8+. The lowest BCUT2D eigenvalue weighted by Crippen LogP contribution is -2.40. The van der Waals surface area contributed by atoms with Gasteiger partial charge in [0.05, 0.1) is 34.4 Å². The van der Waals surface area contributed by atoms with E-state index in [4.69, 9.17) is 18.9 Å². The van der Waals surface area contributed by atoms with Crippen LogP contribution in [-0.2, 0) is 33.3 Å². The number of esters is 2. The van der Waals surface area contributed by atoms with Crippen molar-refractivity contribution in [1.29, 1.82) is 0 Å². The Balaban J connectivity index is 4.19. The lowest BCUT2D eigenvalue weighted by molar-refractivity contribution is -0.870. The van der Waals surface area contributed by atoms with Gasteiger partial charge in [0.25, 0.3) is 6.29 Å². The minimum atomic E-state index is -1.52. The molecule has 2 atom stereocenters. The van der Waals surface area contributed by atoms with Crippen molar-refractivity contribution in [3.63, 3.8) is 0 Å². The molecule has 0 saturated carbocycles. The van der Waals surface area contributed by atoms with Crippen LogP contribution in [0.15, 0.2) is 146 Å². The number of carbonyl (C=O) groups is 3. The number of carbonyl (C=O) groups excluding carboxylic acids is 2. The number of carboxylic acid groups (broad SMARTS) is 1. The van der Waals surface area contributed by atoms with E-state index in [0.29, 0.717) is 23.9 Å². The maximum absolute atomic E-state index is 12.9. The predicted molar refractivity (Wildman–Crippen MR) is 373 cm³/mol. The van der Waals surface area contributed by atoms with Crippen LogP contribution in [-0.4, -0.2) is 87.4 Å². The molecule has 0 radical (unpaired) electrons. The van der Waals surface area contributed by atoms with Gasteiger partial charge in [-0.3, -0.25) is 9.59 Å². The Morgan fingerprint density at radius 3 is 0.977 bits per heavy atom. The molecule has 0 bridgehead atoms. The van der Waals surface area contributed by atoms with Crippen molar-refractivity contribution in [2.24, 2.45) is 0 Å². The summed E-state index contributed by atoms with van der Waals surface area (Å²) in [6.07, 6.45) is 95.2. The Morgan fingerprint density at radius 1 is 0.356 bits per heavy atom. The van der Waals surface area contributed by atoms with E-state index >= 15 is 0 Å². The normalized spacial score (nSPS) is 13.6. The molecule has 87 heavy (non-hydrogen) atoms. The van der Waals surface area contributed by atoms with Gasteiger partial charge >= 0.3 is 17.9 Å². The molecule has 9 heteroatoms. The van der Waals surface area contributed by atoms with Crippen LogP contribution in [0, 0.1) is 0 Å². The standard InChI is InChI=1S/C78H129NO8/c1-6-8-10-12-14-16-18-20-22-24-26-28-30-31-32-33-34-35-36-37-38-39-40-41-42-43-44-45-47-49-51-53-55-57-59-61-63-65-67-69-76(81)87-74(73-86-78(77(82)83)84-71-70-79(3,4)5)72-85-75(80)68-66-64-62-60-58-56-54-52-50-48-46-29-27-25-23-21-19-17-15-13-11-9-7-2/h8,10,14,16,19-22,25-28,31-32,34-35,37-38,40-41,43-44,47,49,74,78H,6-7,9,11-13,15,17-18,23-24,29-30,33,36,39,42,45-46,48,50-73H2,1-5H3/p+1/b10-8-,16-14-,21-19-,22-20-,27-25-,28-26-,32-31-,35-34-,38-37-,41-40-,44-43-,49-47-. The summed E-state index contributed by atoms with van der Waals surface area (Å²) in [6.45, 7) is 4.74. The number of allylic oxidation sites excluding steroid dienone is 24. The maximum Gasteiger partial charge on any atom is 0.361 e. The molecule has 0 fully saturated rings. The zero-order valence-corrected chi connectivity index (χ0v) is 56.4. The minimum absolute atomic E-state index is 0.179. The second-order valence-corrected chi connectivity index (χ2v) is 24.1. The van der Waals surface area contributed by atoms with E-state index in [1.165, 1.54) is 122 Å². The Labute approximate surface area is 534 Å². The van der Waals surface area contributed by atoms with Crippen molar-refractivity contribution in [1.82, 2.24) is 0 Å². The summed E-state index contributed by atoms with van der Waals surface area (Å²) in [4.78, 5) is 37.6. The fourth-order valence-electron chi connectivity index (χ4n) is 9.25. The average molecular weight is 1210 g/mol. The molecular weight excluding hydrogens is 1080 g/mol. The number of aliphatic carboxylic acids is 1. The van der Waals surface area contributed by atoms with Crippen LogP contribution >= 0.6 is 0 Å². The number of nitrogens with zero attached hydrogens (tertiary/aromatic N) is 1. The van der Waals surface area contributed by atoms with Crippen LogP contribution < -0.4 is 0 Å². The van der Waals surface area contributed by atoms with Crippen LogP contribution in [0.1, 0.15) is 271 Å². The lowest BCUT2D eigenvalue weighted by Gasteiger charge is -2.25. The van der Waals surface area contributed by atoms with Gasteiger partial charge in [-0.2, -0.15) is 0 Å². The fraction of sp³-hybridized carbons (Fsp3) is 0.654. The van der Waals surface area contributed by atoms with E-state index in [2.05, 4.69) is 160 Å². The third-order valence-electron chi connectivity index (χ3n) is 14.6. The predicted octanol–water partition coefficient (Wildman–Crippen LogP) is 21.9. The third-order valence-corrected chi connectivity index (χ3v) is 14.6. The first kappa shape index (κ1) is 82.2. The van der Waals surface area contributed by atoms with Gasteiger partial charge in [0, 0.05) is 12.8 Å². The largest absolute Gasteiger partial charge is 0.477 e. The molecule has 0 aromatic heterocycles. The first-order valence-corrected chi connectivity index (χ1v) is 35.0. The number of unbranched alkanes of at least 4 members (excludes halogenated alkanes) is 24. The Bertz CT molecular complexity index is 1940. The molecule has 0 saturated heterocycles. The molecule has 0 amide bonds. The number of quaternary nitrogens is 1. The van der Waals surface area contributed by atoms with Gasteiger partial charge in [0.1, 0.15) is 13.2 Å². The number of rotatable bonds is 63. The average Bonchev–Trinajstić information content (AvgIpc) is 3.55. The highest BCUT2D eigenvalue weighted by Gasteiger charge is 2.25. The van der Waals surface area contributed by atoms with Gasteiger partial charge < -0.3 is 28.5 Å². The van der Waals surface area contributed by atoms with E-state index in [1.807, 2.05) is 21.1 Å². The van der Waals surface area contributed by atoms with E-state index in [1.54, 1.807) is 0 Å². The number of hydrogen-bond donors (Lipinski definition) is 1. The molecule has 0 aromatic carbocycles. The van der Waals surface area contributed by atoms with Crippen molar-refractivity contribution in [3.05, 3.63) is 146 Å². The van der Waals surface area contributed by atoms with Crippen molar-refractivity contribution < 1.29 is 42.9 Å². The topological polar surface area (TPSA) is 108 Å². The fourth-order valence-corrected chi connectivity index (χ4v) is 9.25. The Morgan fingerprint density at radius 2 is 0.655 bits per heavy atom. The van der Waals surface area contributed by atoms with Crippen LogP contribution in [0.2, 0.25) is 0 Å². The van der Waals surface area contributed by atoms with Crippen LogP contribution in [0.4, 0.5) is 0 Å². The monoisotopic (exact) mass is 1210 g/mol. The summed E-state index contributed by atoms with van der Waals surface area (Å²) in [5.74, 6) is -2.03. The van der Waals surface area contributed by atoms with E-state index in [9.17, 15) is 19.5 Å². The summed E-state index contributed by atoms with van der Waals surface area (Å²) in [5.41, 5.74) is 0. The molecule has 2 unspecified atom stereocenters. The SMILES string of the molecule is CC/C=C\C/C=C\C/C=C\C/C=C\C/C=C\C/C=C\C/C=C\C/C=C\C/C=C\C/C=C\CCCCCCCCCCC(=O)OC(COC(=O)CCCCCCCCCCCCC/C=C\C/C=C\CCCCCCC)COC(OCC[N+](C)(C)C)C(=O)O. The highest BCUT2D eigenvalue weighted by Crippen LogP contribution is 2.16. The molecule has 0 aromatic rings. The quantitative estimate of drug-likeness (QED) is 0.0211. The summed E-state index contributed by atoms with van der Waals surface area (Å²) >= 11 is 0. The van der Waals surface area contributed by atoms with Crippen molar-refractivity contribution in [2.45, 2.75) is 283 Å². The van der Waals surface area contributed by atoms with Gasteiger partial charge in [0.2, 0.25) is 0 Å². The maximum atomic E-state index is 12.9. The number of likely N-dealkylation sites (N-methyl/N-ethyl adjacent to an activating group) is 1. The second kappa shape index (κ2) is 67.1. The minimum Gasteiger partial charge on any atom is -0.477 e. The smallest absolute Gasteiger partial charge is 0.361 e. The van der Waals surface area contributed by atoms with E-state index < -0.39 is 24.3 Å². The Kier molecular flexibility index (Phi) is 63.4. The van der Waals surface area contributed by atoms with Crippen molar-refractivity contribution >= 4 is 17.9 Å². The van der Waals surface area contributed by atoms with Crippen LogP contribution in [0.3, 0.4) is 0 Å². The second-order valence-electron chi connectivity index (χ2n) is 24.1. The molecule has 0 spiro atoms. The summed E-state index contributed by atoms with van der Waals surface area (Å²) in [7, 11) is 5.97. The van der Waals surface area contributed by atoms with Crippen molar-refractivity contribution in [3.8, 4) is 0 Å². The van der Waals surface area contributed by atoms with Crippen LogP contribution in [0.5, 0.6) is 0 Å². The third kappa shape index (κ3) is 68.5. The number of ether oxygens (including phenoxy) is 4. The molecule has 0 heterocycles. The summed E-state index contributed by atoms with van der Waals surface area (Å²) in [6, 6.07) is 0. The highest BCUT2D eigenvalue weighted by atomic mass is 16.7. The highest BCUT2D eigenvalue weighted by molar-refractivity contribution is 5.71. The van der Waals surface area contributed by atoms with Gasteiger partial charge in [-0.1, -0.05) is 282 Å². The van der Waals surface area contributed by atoms with E-state index in [0.717, 1.165) is 116 Å². The zero-order valence-electron chi connectivity index (χ0n) is 56.4. The molecule has 0 aliphatic rings. The molecule has 0 rings (SSSR count). The molecule has 0 aliphatic heterocycles. The summed E-state index contributed by atoms with van der Waals surface area (Å²) < 4.78 is 23.0. The molecule has 494 valence electrons. The van der Waals surface area contributed by atoms with E-state index in [-0.39, 0.29) is 32.2 Å².